The van der Waals surface area contributed by atoms with Crippen LogP contribution in [0, 0.1) is 13.8 Å². The molecule has 1 aliphatic heterocycles. The lowest BCUT2D eigenvalue weighted by Gasteiger charge is -2.38. The number of nitrogens with two attached hydrogens (primary N) is 1. The molecule has 1 aliphatic rings. The number of aryl methyl sites for hydroxylation is 2. The van der Waals surface area contributed by atoms with Crippen molar-refractivity contribution in [1.82, 2.24) is 4.98 Å². The Kier molecular flexibility index (Phi) is 3.69. The summed E-state index contributed by atoms with van der Waals surface area (Å²) in [7, 11) is 0. The first-order chi connectivity index (χ1) is 10.1. The molecule has 0 amide bonds. The average molecular weight is 282 g/mol. The van der Waals surface area contributed by atoms with E-state index in [1.165, 1.54) is 22.5 Å². The molecule has 1 aromatic carbocycles. The smallest absolute Gasteiger partial charge is 0.123 e. The highest BCUT2D eigenvalue weighted by atomic mass is 15.3. The first-order valence-electron chi connectivity index (χ1n) is 7.42. The molecule has 0 saturated carbocycles. The van der Waals surface area contributed by atoms with Crippen LogP contribution in [0.2, 0.25) is 0 Å². The van der Waals surface area contributed by atoms with Crippen LogP contribution in [0.4, 0.5) is 17.2 Å². The Morgan fingerprint density at radius 1 is 1.00 bits per heavy atom. The van der Waals surface area contributed by atoms with Crippen molar-refractivity contribution in [3.05, 3.63) is 47.7 Å². The lowest BCUT2D eigenvalue weighted by Crippen LogP contribution is -2.46. The number of hydrogen-bond acceptors (Lipinski definition) is 4. The fourth-order valence-electron chi connectivity index (χ4n) is 2.93. The summed E-state index contributed by atoms with van der Waals surface area (Å²) in [6.07, 6.45) is 1.90. The van der Waals surface area contributed by atoms with Gasteiger partial charge in [0.15, 0.2) is 0 Å². The molecule has 4 heteroatoms. The predicted octanol–water partition coefficient (Wildman–Crippen LogP) is 2.61. The molecule has 0 bridgehead atoms. The molecule has 3 rings (SSSR count). The van der Waals surface area contributed by atoms with E-state index in [1.807, 2.05) is 12.3 Å². The quantitative estimate of drug-likeness (QED) is 0.919. The molecule has 4 nitrogen and oxygen atoms in total. The van der Waals surface area contributed by atoms with E-state index in [2.05, 4.69) is 52.9 Å². The second kappa shape index (κ2) is 5.64. The fraction of sp³-hybridized carbons (Fsp3) is 0.353. The minimum absolute atomic E-state index is 0.592. The number of nitrogen functional groups attached to an aromatic ring is 1. The summed E-state index contributed by atoms with van der Waals surface area (Å²) in [6.45, 7) is 8.34. The molecule has 110 valence electrons. The van der Waals surface area contributed by atoms with E-state index < -0.39 is 0 Å². The van der Waals surface area contributed by atoms with E-state index in [0.717, 1.165) is 26.2 Å². The molecule has 2 N–H and O–H groups in total. The number of pyridine rings is 1. The topological polar surface area (TPSA) is 45.4 Å². The maximum absolute atomic E-state index is 5.73. The predicted molar refractivity (Wildman–Crippen MR) is 89.0 cm³/mol. The largest absolute Gasteiger partial charge is 0.384 e. The Balaban J connectivity index is 1.70. The van der Waals surface area contributed by atoms with Crippen LogP contribution in [0.1, 0.15) is 11.1 Å². The minimum Gasteiger partial charge on any atom is -0.384 e. The van der Waals surface area contributed by atoms with Gasteiger partial charge in [-0.05, 0) is 43.2 Å². The van der Waals surface area contributed by atoms with Crippen LogP contribution in [0.5, 0.6) is 0 Å². The van der Waals surface area contributed by atoms with Crippen molar-refractivity contribution in [2.75, 3.05) is 41.7 Å². The molecule has 21 heavy (non-hydrogen) atoms. The zero-order chi connectivity index (χ0) is 14.8. The molecule has 0 atom stereocenters. The van der Waals surface area contributed by atoms with Gasteiger partial charge in [-0.3, -0.25) is 0 Å². The number of benzene rings is 1. The first-order valence-corrected chi connectivity index (χ1v) is 7.42. The van der Waals surface area contributed by atoms with Gasteiger partial charge in [-0.15, -0.1) is 0 Å². The van der Waals surface area contributed by atoms with E-state index in [4.69, 9.17) is 5.73 Å². The summed E-state index contributed by atoms with van der Waals surface area (Å²) >= 11 is 0. The highest BCUT2D eigenvalue weighted by molar-refractivity contribution is 5.57. The number of hydrogen-bond donors (Lipinski definition) is 1. The minimum atomic E-state index is 0.592. The molecular formula is C17H22N4. The van der Waals surface area contributed by atoms with E-state index in [0.29, 0.717) is 5.82 Å². The van der Waals surface area contributed by atoms with Gasteiger partial charge >= 0.3 is 0 Å². The van der Waals surface area contributed by atoms with Gasteiger partial charge in [-0.2, -0.15) is 0 Å². The summed E-state index contributed by atoms with van der Waals surface area (Å²) in [5.74, 6) is 0.592. The van der Waals surface area contributed by atoms with Gasteiger partial charge < -0.3 is 15.5 Å². The summed E-state index contributed by atoms with van der Waals surface area (Å²) in [4.78, 5) is 9.07. The Hall–Kier alpha value is -2.23. The van der Waals surface area contributed by atoms with Crippen LogP contribution in [0.25, 0.3) is 0 Å². The molecule has 2 aromatic rings. The highest BCUT2D eigenvalue weighted by Crippen LogP contribution is 2.24. The van der Waals surface area contributed by atoms with Crippen molar-refractivity contribution >= 4 is 17.2 Å². The zero-order valence-corrected chi connectivity index (χ0v) is 12.7. The molecule has 0 unspecified atom stereocenters. The monoisotopic (exact) mass is 282 g/mol. The molecule has 0 spiro atoms. The number of anilines is 3. The highest BCUT2D eigenvalue weighted by Gasteiger charge is 2.19. The Labute approximate surface area is 126 Å². The van der Waals surface area contributed by atoms with Crippen LogP contribution in [0.15, 0.2) is 36.5 Å². The van der Waals surface area contributed by atoms with Crippen molar-refractivity contribution < 1.29 is 0 Å². The third-order valence-corrected chi connectivity index (χ3v) is 4.09. The number of rotatable bonds is 2. The van der Waals surface area contributed by atoms with Crippen molar-refractivity contribution in [3.8, 4) is 0 Å². The second-order valence-corrected chi connectivity index (χ2v) is 5.71. The summed E-state index contributed by atoms with van der Waals surface area (Å²) in [5.41, 5.74) is 10.8. The number of piperazine rings is 1. The maximum atomic E-state index is 5.73. The van der Waals surface area contributed by atoms with Gasteiger partial charge in [-0.1, -0.05) is 12.1 Å². The second-order valence-electron chi connectivity index (χ2n) is 5.71. The van der Waals surface area contributed by atoms with Crippen molar-refractivity contribution in [2.45, 2.75) is 13.8 Å². The lowest BCUT2D eigenvalue weighted by atomic mass is 10.1. The normalized spacial score (nSPS) is 15.3. The fourth-order valence-corrected chi connectivity index (χ4v) is 2.93. The van der Waals surface area contributed by atoms with Gasteiger partial charge in [0.25, 0.3) is 0 Å². The van der Waals surface area contributed by atoms with E-state index in [9.17, 15) is 0 Å². The SMILES string of the molecule is Cc1cccc(N2CCN(c3cnc(N)cc3C)CC2)c1. The lowest BCUT2D eigenvalue weighted by molar-refractivity contribution is 0.651. The number of aromatic nitrogens is 1. The van der Waals surface area contributed by atoms with E-state index >= 15 is 0 Å². The standard InChI is InChI=1S/C17H22N4/c1-13-4-3-5-15(10-13)20-6-8-21(9-7-20)16-12-19-17(18)11-14(16)2/h3-5,10-12H,6-9H2,1-2H3,(H2,18,19). The van der Waals surface area contributed by atoms with Crippen molar-refractivity contribution in [1.29, 1.82) is 0 Å². The van der Waals surface area contributed by atoms with Crippen molar-refractivity contribution in [3.63, 3.8) is 0 Å². The van der Waals surface area contributed by atoms with Crippen LogP contribution in [-0.2, 0) is 0 Å². The zero-order valence-electron chi connectivity index (χ0n) is 12.7. The maximum Gasteiger partial charge on any atom is 0.123 e. The third-order valence-electron chi connectivity index (χ3n) is 4.09. The molecule has 0 radical (unpaired) electrons. The van der Waals surface area contributed by atoms with Gasteiger partial charge in [0.05, 0.1) is 11.9 Å². The van der Waals surface area contributed by atoms with Gasteiger partial charge in [-0.25, -0.2) is 4.98 Å². The average Bonchev–Trinajstić information content (AvgIpc) is 2.47. The Morgan fingerprint density at radius 3 is 2.38 bits per heavy atom. The molecule has 2 heterocycles. The third kappa shape index (κ3) is 2.94. The van der Waals surface area contributed by atoms with E-state index in [1.54, 1.807) is 0 Å². The molecular weight excluding hydrogens is 260 g/mol. The molecule has 1 fully saturated rings. The van der Waals surface area contributed by atoms with Crippen molar-refractivity contribution in [2.24, 2.45) is 0 Å². The van der Waals surface area contributed by atoms with Gasteiger partial charge in [0.1, 0.15) is 5.82 Å². The van der Waals surface area contributed by atoms with Crippen LogP contribution < -0.4 is 15.5 Å². The van der Waals surface area contributed by atoms with Gasteiger partial charge in [0.2, 0.25) is 0 Å². The van der Waals surface area contributed by atoms with E-state index in [-0.39, 0.29) is 0 Å². The first kappa shape index (κ1) is 13.7. The Bertz CT molecular complexity index is 630. The van der Waals surface area contributed by atoms with Crippen LogP contribution in [0.3, 0.4) is 0 Å². The summed E-state index contributed by atoms with van der Waals surface area (Å²) in [5, 5.41) is 0. The van der Waals surface area contributed by atoms with Crippen LogP contribution in [-0.4, -0.2) is 31.2 Å². The summed E-state index contributed by atoms with van der Waals surface area (Å²) < 4.78 is 0. The Morgan fingerprint density at radius 2 is 1.71 bits per heavy atom. The van der Waals surface area contributed by atoms with Gasteiger partial charge in [0, 0.05) is 31.9 Å². The van der Waals surface area contributed by atoms with Crippen LogP contribution >= 0.6 is 0 Å². The molecule has 1 aromatic heterocycles. The number of nitrogens with zero attached hydrogens (tertiary/aromatic N) is 3. The summed E-state index contributed by atoms with van der Waals surface area (Å²) in [6, 6.07) is 10.7. The molecule has 0 aliphatic carbocycles. The molecule has 1 saturated heterocycles.